The maximum absolute atomic E-state index is 12.7. The normalized spacial score (nSPS) is 34.8. The molecule has 7 nitrogen and oxygen atoms in total. The highest BCUT2D eigenvalue weighted by molar-refractivity contribution is 6.48. The third-order valence-corrected chi connectivity index (χ3v) is 8.94. The number of rotatable bonds is 6. The van der Waals surface area contributed by atoms with E-state index < -0.39 is 13.2 Å². The molecule has 0 radical (unpaired) electrons. The number of carbonyl (C=O) groups is 1. The number of furan rings is 1. The Kier molecular flexibility index (Phi) is 5.05. The number of ether oxygens (including phenoxy) is 1. The van der Waals surface area contributed by atoms with Crippen molar-refractivity contribution in [3.05, 3.63) is 36.1 Å². The van der Waals surface area contributed by atoms with Gasteiger partial charge in [-0.25, -0.2) is 4.79 Å². The zero-order valence-electron chi connectivity index (χ0n) is 19.6. The van der Waals surface area contributed by atoms with Gasteiger partial charge < -0.3 is 29.1 Å². The van der Waals surface area contributed by atoms with Crippen molar-refractivity contribution in [2.75, 3.05) is 13.2 Å². The van der Waals surface area contributed by atoms with Gasteiger partial charge in [-0.05, 0) is 68.0 Å². The summed E-state index contributed by atoms with van der Waals surface area (Å²) < 4.78 is 24.4. The Labute approximate surface area is 195 Å². The molecule has 176 valence electrons. The molecule has 3 aliphatic carbocycles. The van der Waals surface area contributed by atoms with Gasteiger partial charge in [0.1, 0.15) is 12.2 Å². The van der Waals surface area contributed by atoms with Crippen LogP contribution in [-0.2, 0) is 20.5 Å². The second kappa shape index (κ2) is 7.75. The third kappa shape index (κ3) is 3.49. The number of hydrogen-bond donors (Lipinski definition) is 2. The van der Waals surface area contributed by atoms with Crippen molar-refractivity contribution in [1.82, 2.24) is 10.6 Å². The summed E-state index contributed by atoms with van der Waals surface area (Å²) in [5, 5.41) is 7.36. The largest absolute Gasteiger partial charge is 0.482 e. The molecule has 3 heterocycles. The van der Waals surface area contributed by atoms with Crippen LogP contribution in [-0.4, -0.2) is 50.1 Å². The molecular formula is C25H33BN2O5. The SMILES string of the molecule is CC1(C)[C@@H]2C[C@H]3OB([C@H](Cc4coc5ccccc45)NC(=O)OC[C@H]4CCN4)O[C@@]3(C)[C@H]1C2. The van der Waals surface area contributed by atoms with Crippen molar-refractivity contribution in [3.8, 4) is 0 Å². The predicted molar refractivity (Wildman–Crippen MR) is 125 cm³/mol. The Morgan fingerprint density at radius 2 is 2.12 bits per heavy atom. The number of amides is 1. The van der Waals surface area contributed by atoms with Crippen LogP contribution < -0.4 is 10.6 Å². The lowest BCUT2D eigenvalue weighted by atomic mass is 9.43. The van der Waals surface area contributed by atoms with Crippen LogP contribution in [0.5, 0.6) is 0 Å². The molecule has 2 N–H and O–H groups in total. The maximum atomic E-state index is 12.7. The fourth-order valence-corrected chi connectivity index (χ4v) is 6.57. The summed E-state index contributed by atoms with van der Waals surface area (Å²) in [5.41, 5.74) is 1.79. The zero-order valence-corrected chi connectivity index (χ0v) is 19.6. The molecule has 2 saturated heterocycles. The standard InChI is InChI=1S/C25H33BN2O5/c1-24(2)16-11-20(24)25(3)21(12-16)32-26(33-25)22(28-23(29)31-14-17-8-9-27-17)10-15-13-30-19-7-5-4-6-18(15)19/h4-7,13,16-17,20-22,27H,8-12,14H2,1-3H3,(H,28,29)/t16-,17+,20-,21+,22-,25-/m0/s1. The summed E-state index contributed by atoms with van der Waals surface area (Å²) in [7, 11) is -0.529. The molecule has 5 fully saturated rings. The highest BCUT2D eigenvalue weighted by Crippen LogP contribution is 2.65. The molecule has 0 spiro atoms. The minimum Gasteiger partial charge on any atom is -0.464 e. The summed E-state index contributed by atoms with van der Waals surface area (Å²) in [5.74, 6) is 0.758. The van der Waals surface area contributed by atoms with Crippen molar-refractivity contribution in [1.29, 1.82) is 0 Å². The lowest BCUT2D eigenvalue weighted by molar-refractivity contribution is -0.199. The molecule has 2 aliphatic heterocycles. The van der Waals surface area contributed by atoms with Gasteiger partial charge in [-0.3, -0.25) is 0 Å². The van der Waals surface area contributed by atoms with Crippen LogP contribution in [0.1, 0.15) is 45.6 Å². The second-order valence-corrected chi connectivity index (χ2v) is 11.1. The van der Waals surface area contributed by atoms with Crippen LogP contribution in [0.25, 0.3) is 11.0 Å². The van der Waals surface area contributed by atoms with E-state index in [2.05, 4.69) is 31.4 Å². The first-order valence-corrected chi connectivity index (χ1v) is 12.3. The van der Waals surface area contributed by atoms with E-state index in [0.29, 0.717) is 24.9 Å². The van der Waals surface area contributed by atoms with Crippen molar-refractivity contribution in [2.24, 2.45) is 17.3 Å². The topological polar surface area (TPSA) is 82.0 Å². The van der Waals surface area contributed by atoms with Gasteiger partial charge in [0.2, 0.25) is 0 Å². The smallest absolute Gasteiger partial charge is 0.464 e. The number of carbonyl (C=O) groups excluding carboxylic acids is 1. The molecule has 5 aliphatic rings. The van der Waals surface area contributed by atoms with Gasteiger partial charge in [0.25, 0.3) is 0 Å². The lowest BCUT2D eigenvalue weighted by Crippen LogP contribution is -2.65. The molecule has 2 bridgehead atoms. The molecule has 8 heteroatoms. The van der Waals surface area contributed by atoms with Crippen molar-refractivity contribution >= 4 is 24.2 Å². The Bertz CT molecular complexity index is 1050. The second-order valence-electron chi connectivity index (χ2n) is 11.1. The van der Waals surface area contributed by atoms with Crippen LogP contribution in [0.4, 0.5) is 4.79 Å². The first kappa shape index (κ1) is 21.5. The number of para-hydroxylation sites is 1. The van der Waals surface area contributed by atoms with Gasteiger partial charge in [-0.1, -0.05) is 32.0 Å². The average molecular weight is 452 g/mol. The molecule has 1 amide bonds. The van der Waals surface area contributed by atoms with E-state index in [0.717, 1.165) is 35.9 Å². The number of benzene rings is 1. The van der Waals surface area contributed by atoms with E-state index in [9.17, 15) is 4.79 Å². The Hall–Kier alpha value is -2.03. The molecule has 1 aromatic carbocycles. The summed E-state index contributed by atoms with van der Waals surface area (Å²) in [6, 6.07) is 8.20. The molecule has 1 aromatic heterocycles. The Balaban J connectivity index is 1.22. The number of nitrogens with one attached hydrogen (secondary N) is 2. The predicted octanol–water partition coefficient (Wildman–Crippen LogP) is 3.70. The highest BCUT2D eigenvalue weighted by Gasteiger charge is 2.68. The summed E-state index contributed by atoms with van der Waals surface area (Å²) in [6.45, 7) is 8.25. The minimum absolute atomic E-state index is 0.0554. The quantitative estimate of drug-likeness (QED) is 0.651. The van der Waals surface area contributed by atoms with E-state index >= 15 is 0 Å². The summed E-state index contributed by atoms with van der Waals surface area (Å²) in [6.07, 6.45) is 5.17. The first-order valence-electron chi connectivity index (χ1n) is 12.3. The molecule has 6 atom stereocenters. The Morgan fingerprint density at radius 1 is 1.30 bits per heavy atom. The average Bonchev–Trinajstić information content (AvgIpc) is 3.32. The van der Waals surface area contributed by atoms with Gasteiger partial charge in [0, 0.05) is 11.4 Å². The maximum Gasteiger partial charge on any atom is 0.482 e. The van der Waals surface area contributed by atoms with E-state index in [1.54, 1.807) is 6.26 Å². The van der Waals surface area contributed by atoms with Crippen LogP contribution in [0.15, 0.2) is 34.9 Å². The fourth-order valence-electron chi connectivity index (χ4n) is 6.57. The first-order chi connectivity index (χ1) is 15.8. The van der Waals surface area contributed by atoms with E-state index in [1.807, 2.05) is 24.3 Å². The van der Waals surface area contributed by atoms with Crippen molar-refractivity contribution in [2.45, 2.75) is 70.1 Å². The zero-order chi connectivity index (χ0) is 22.8. The lowest BCUT2D eigenvalue weighted by Gasteiger charge is -2.64. The summed E-state index contributed by atoms with van der Waals surface area (Å²) >= 11 is 0. The molecule has 33 heavy (non-hydrogen) atoms. The van der Waals surface area contributed by atoms with Crippen molar-refractivity contribution < 1.29 is 23.3 Å². The monoisotopic (exact) mass is 452 g/mol. The van der Waals surface area contributed by atoms with Gasteiger partial charge >= 0.3 is 13.2 Å². The van der Waals surface area contributed by atoms with Crippen molar-refractivity contribution in [3.63, 3.8) is 0 Å². The number of alkyl carbamates (subject to hydrolysis) is 1. The van der Waals surface area contributed by atoms with Crippen LogP contribution >= 0.6 is 0 Å². The van der Waals surface area contributed by atoms with E-state index in [1.165, 1.54) is 6.42 Å². The Morgan fingerprint density at radius 3 is 2.88 bits per heavy atom. The van der Waals surface area contributed by atoms with Crippen LogP contribution in [0.3, 0.4) is 0 Å². The summed E-state index contributed by atoms with van der Waals surface area (Å²) in [4.78, 5) is 12.7. The van der Waals surface area contributed by atoms with Gasteiger partial charge in [0.15, 0.2) is 0 Å². The van der Waals surface area contributed by atoms with Gasteiger partial charge in [0.05, 0.1) is 23.9 Å². The molecule has 7 rings (SSSR count). The van der Waals surface area contributed by atoms with E-state index in [4.69, 9.17) is 18.5 Å². The minimum atomic E-state index is -0.529. The van der Waals surface area contributed by atoms with E-state index in [-0.39, 0.29) is 29.1 Å². The molecule has 2 aromatic rings. The van der Waals surface area contributed by atoms with Crippen LogP contribution in [0.2, 0.25) is 0 Å². The molecule has 3 saturated carbocycles. The third-order valence-electron chi connectivity index (χ3n) is 8.94. The number of fused-ring (bicyclic) bond motifs is 1. The van der Waals surface area contributed by atoms with Crippen LogP contribution in [0, 0.1) is 17.3 Å². The molecule has 0 unspecified atom stereocenters. The highest BCUT2D eigenvalue weighted by atomic mass is 16.7. The van der Waals surface area contributed by atoms with Gasteiger partial charge in [-0.2, -0.15) is 0 Å². The van der Waals surface area contributed by atoms with Gasteiger partial charge in [-0.15, -0.1) is 0 Å². The fraction of sp³-hybridized carbons (Fsp3) is 0.640. The number of hydrogen-bond acceptors (Lipinski definition) is 6. The molecular weight excluding hydrogens is 419 g/mol.